The van der Waals surface area contributed by atoms with E-state index in [1.165, 1.54) is 6.07 Å². The Morgan fingerprint density at radius 2 is 2.00 bits per heavy atom. The zero-order valence-corrected chi connectivity index (χ0v) is 17.0. The van der Waals surface area contributed by atoms with Gasteiger partial charge in [0.1, 0.15) is 11.6 Å². The molecule has 0 saturated heterocycles. The molecule has 0 unspecified atom stereocenters. The average Bonchev–Trinajstić information content (AvgIpc) is 3.06. The van der Waals surface area contributed by atoms with Gasteiger partial charge in [0.25, 0.3) is 5.91 Å². The molecule has 0 bridgehead atoms. The van der Waals surface area contributed by atoms with Crippen LogP contribution < -0.4 is 10.1 Å². The fourth-order valence-corrected chi connectivity index (χ4v) is 3.50. The number of carboxylic acids is 1. The summed E-state index contributed by atoms with van der Waals surface area (Å²) in [4.78, 5) is 26.1. The highest BCUT2D eigenvalue weighted by Crippen LogP contribution is 2.27. The third kappa shape index (κ3) is 4.97. The predicted molar refractivity (Wildman–Crippen MR) is 113 cm³/mol. The Hall–Kier alpha value is -3.35. The van der Waals surface area contributed by atoms with Crippen LogP contribution in [0.5, 0.6) is 5.75 Å². The van der Waals surface area contributed by atoms with E-state index in [4.69, 9.17) is 9.84 Å². The Bertz CT molecular complexity index is 1070. The van der Waals surface area contributed by atoms with E-state index in [0.717, 1.165) is 22.2 Å². The van der Waals surface area contributed by atoms with Gasteiger partial charge in [-0.05, 0) is 62.1 Å². The summed E-state index contributed by atoms with van der Waals surface area (Å²) in [6.07, 6.45) is 1.01. The van der Waals surface area contributed by atoms with Crippen molar-refractivity contribution < 1.29 is 23.8 Å². The molecule has 0 aliphatic rings. The number of fused-ring (bicyclic) bond motifs is 1. The molecule has 0 fully saturated rings. The lowest BCUT2D eigenvalue weighted by Gasteiger charge is -2.09. The standard InChI is InChI=1S/C23H25FN2O4/c1-14-8-9-19(24)22-21(14)18(15(2)26-22)10-11-25-23(29)16-5-3-6-17(13-16)30-12-4-7-20(27)28/h3,5-6,8-9,13,26H,4,7,10-12H2,1-2H3,(H,25,29)(H,27,28). The minimum absolute atomic E-state index is 0.0385. The van der Waals surface area contributed by atoms with E-state index >= 15 is 0 Å². The summed E-state index contributed by atoms with van der Waals surface area (Å²) in [6, 6.07) is 9.98. The van der Waals surface area contributed by atoms with Gasteiger partial charge in [-0.2, -0.15) is 0 Å². The van der Waals surface area contributed by atoms with E-state index in [1.807, 2.05) is 13.8 Å². The van der Waals surface area contributed by atoms with Crippen molar-refractivity contribution in [3.05, 3.63) is 64.6 Å². The highest BCUT2D eigenvalue weighted by molar-refractivity contribution is 5.94. The Kier molecular flexibility index (Phi) is 6.72. The van der Waals surface area contributed by atoms with Gasteiger partial charge in [-0.3, -0.25) is 9.59 Å². The first-order chi connectivity index (χ1) is 14.4. The van der Waals surface area contributed by atoms with E-state index in [9.17, 15) is 14.0 Å². The number of rotatable bonds is 9. The van der Waals surface area contributed by atoms with Crippen LogP contribution in [0.3, 0.4) is 0 Å². The van der Waals surface area contributed by atoms with Crippen LogP contribution in [0.1, 0.15) is 40.0 Å². The highest BCUT2D eigenvalue weighted by atomic mass is 19.1. The van der Waals surface area contributed by atoms with Gasteiger partial charge in [-0.1, -0.05) is 12.1 Å². The molecule has 0 saturated carbocycles. The van der Waals surface area contributed by atoms with Crippen molar-refractivity contribution in [1.29, 1.82) is 0 Å². The van der Waals surface area contributed by atoms with Crippen LogP contribution in [-0.2, 0) is 11.2 Å². The SMILES string of the molecule is Cc1[nH]c2c(F)ccc(C)c2c1CCNC(=O)c1cccc(OCCCC(=O)O)c1. The number of nitrogens with one attached hydrogen (secondary N) is 2. The number of aromatic amines is 1. The van der Waals surface area contributed by atoms with Gasteiger partial charge >= 0.3 is 5.97 Å². The predicted octanol–water partition coefficient (Wildman–Crippen LogP) is 4.14. The first-order valence-electron chi connectivity index (χ1n) is 9.86. The molecule has 1 aromatic heterocycles. The molecule has 0 atom stereocenters. The van der Waals surface area contributed by atoms with E-state index in [-0.39, 0.29) is 24.8 Å². The molecule has 7 heteroatoms. The summed E-state index contributed by atoms with van der Waals surface area (Å²) >= 11 is 0. The van der Waals surface area contributed by atoms with Crippen LogP contribution >= 0.6 is 0 Å². The smallest absolute Gasteiger partial charge is 0.303 e. The Morgan fingerprint density at radius 1 is 1.20 bits per heavy atom. The van der Waals surface area contributed by atoms with Gasteiger partial charge in [0.05, 0.1) is 12.1 Å². The number of H-pyrrole nitrogens is 1. The summed E-state index contributed by atoms with van der Waals surface area (Å²) < 4.78 is 19.6. The molecule has 0 aliphatic carbocycles. The zero-order valence-electron chi connectivity index (χ0n) is 17.0. The lowest BCUT2D eigenvalue weighted by Crippen LogP contribution is -2.25. The third-order valence-corrected chi connectivity index (χ3v) is 4.99. The van der Waals surface area contributed by atoms with Gasteiger partial charge in [0.15, 0.2) is 0 Å². The van der Waals surface area contributed by atoms with Crippen LogP contribution in [0.15, 0.2) is 36.4 Å². The molecule has 1 heterocycles. The number of amides is 1. The molecule has 30 heavy (non-hydrogen) atoms. The van der Waals surface area contributed by atoms with Crippen molar-refractivity contribution in [3.63, 3.8) is 0 Å². The van der Waals surface area contributed by atoms with E-state index in [0.29, 0.717) is 36.2 Å². The fourth-order valence-electron chi connectivity index (χ4n) is 3.50. The Labute approximate surface area is 174 Å². The van der Waals surface area contributed by atoms with Crippen LogP contribution in [0, 0.1) is 19.7 Å². The topological polar surface area (TPSA) is 91.4 Å². The first-order valence-corrected chi connectivity index (χ1v) is 9.86. The number of hydrogen-bond donors (Lipinski definition) is 3. The van der Waals surface area contributed by atoms with Crippen LogP contribution in [-0.4, -0.2) is 35.1 Å². The molecule has 3 aromatic rings. The molecule has 3 rings (SSSR count). The second kappa shape index (κ2) is 9.43. The first kappa shape index (κ1) is 21.4. The van der Waals surface area contributed by atoms with Crippen molar-refractivity contribution in [2.75, 3.05) is 13.2 Å². The highest BCUT2D eigenvalue weighted by Gasteiger charge is 2.14. The molecule has 2 aromatic carbocycles. The number of carbonyl (C=O) groups excluding carboxylic acids is 1. The van der Waals surface area contributed by atoms with Crippen molar-refractivity contribution in [3.8, 4) is 5.75 Å². The number of aryl methyl sites for hydroxylation is 2. The fraction of sp³-hybridized carbons (Fsp3) is 0.304. The minimum Gasteiger partial charge on any atom is -0.494 e. The normalized spacial score (nSPS) is 10.9. The summed E-state index contributed by atoms with van der Waals surface area (Å²) in [5.74, 6) is -0.859. The van der Waals surface area contributed by atoms with Crippen molar-refractivity contribution >= 4 is 22.8 Å². The monoisotopic (exact) mass is 412 g/mol. The number of ether oxygens (including phenoxy) is 1. The molecule has 0 spiro atoms. The second-order valence-electron chi connectivity index (χ2n) is 7.22. The molecular formula is C23H25FN2O4. The number of carbonyl (C=O) groups is 2. The molecule has 1 amide bonds. The Balaban J connectivity index is 1.60. The van der Waals surface area contributed by atoms with E-state index in [2.05, 4.69) is 10.3 Å². The van der Waals surface area contributed by atoms with Crippen molar-refractivity contribution in [1.82, 2.24) is 10.3 Å². The number of hydrogen-bond acceptors (Lipinski definition) is 3. The maximum atomic E-state index is 14.1. The van der Waals surface area contributed by atoms with Gasteiger partial charge in [0, 0.05) is 29.6 Å². The minimum atomic E-state index is -0.866. The van der Waals surface area contributed by atoms with E-state index in [1.54, 1.807) is 30.3 Å². The summed E-state index contributed by atoms with van der Waals surface area (Å²) in [5, 5.41) is 12.4. The largest absolute Gasteiger partial charge is 0.494 e. The number of aliphatic carboxylic acids is 1. The quantitative estimate of drug-likeness (QED) is 0.461. The van der Waals surface area contributed by atoms with E-state index < -0.39 is 5.97 Å². The van der Waals surface area contributed by atoms with Gasteiger partial charge in [-0.15, -0.1) is 0 Å². The number of carboxylic acid groups (broad SMARTS) is 1. The zero-order chi connectivity index (χ0) is 21.7. The average molecular weight is 412 g/mol. The van der Waals surface area contributed by atoms with Gasteiger partial charge < -0.3 is 20.1 Å². The second-order valence-corrected chi connectivity index (χ2v) is 7.22. The number of benzene rings is 2. The Morgan fingerprint density at radius 3 is 2.77 bits per heavy atom. The van der Waals surface area contributed by atoms with Gasteiger partial charge in [0.2, 0.25) is 0 Å². The maximum absolute atomic E-state index is 14.1. The summed E-state index contributed by atoms with van der Waals surface area (Å²) in [5.41, 5.74) is 3.84. The van der Waals surface area contributed by atoms with Crippen LogP contribution in [0.4, 0.5) is 4.39 Å². The van der Waals surface area contributed by atoms with Crippen molar-refractivity contribution in [2.24, 2.45) is 0 Å². The molecule has 3 N–H and O–H groups in total. The van der Waals surface area contributed by atoms with Gasteiger partial charge in [-0.25, -0.2) is 4.39 Å². The van der Waals surface area contributed by atoms with Crippen molar-refractivity contribution in [2.45, 2.75) is 33.1 Å². The molecule has 0 radical (unpaired) electrons. The number of halogens is 1. The molecule has 0 aliphatic heterocycles. The number of aromatic nitrogens is 1. The molecular weight excluding hydrogens is 387 g/mol. The summed E-state index contributed by atoms with van der Waals surface area (Å²) in [7, 11) is 0. The lowest BCUT2D eigenvalue weighted by atomic mass is 10.0. The summed E-state index contributed by atoms with van der Waals surface area (Å²) in [6.45, 7) is 4.53. The maximum Gasteiger partial charge on any atom is 0.303 e. The van der Waals surface area contributed by atoms with Crippen LogP contribution in [0.2, 0.25) is 0 Å². The van der Waals surface area contributed by atoms with Crippen LogP contribution in [0.25, 0.3) is 10.9 Å². The lowest BCUT2D eigenvalue weighted by molar-refractivity contribution is -0.137. The molecule has 6 nitrogen and oxygen atoms in total. The molecule has 158 valence electrons. The third-order valence-electron chi connectivity index (χ3n) is 4.99.